The zero-order chi connectivity index (χ0) is 17.9. The summed E-state index contributed by atoms with van der Waals surface area (Å²) in [5.74, 6) is 1.76. The van der Waals surface area contributed by atoms with E-state index in [0.717, 1.165) is 37.4 Å². The fourth-order valence-electron chi connectivity index (χ4n) is 3.13. The molecule has 1 aliphatic heterocycles. The fraction of sp³-hybridized carbons (Fsp3) is 0.412. The molecule has 0 unspecified atom stereocenters. The van der Waals surface area contributed by atoms with Crippen molar-refractivity contribution in [1.29, 1.82) is 0 Å². The SMILES string of the molecule is Cc1cnc(N2CCC(Cn3nc(-n4cncn4)ccc3=O)CC2)nc1. The van der Waals surface area contributed by atoms with E-state index in [0.29, 0.717) is 18.3 Å². The molecule has 1 aliphatic rings. The van der Waals surface area contributed by atoms with Crippen LogP contribution in [-0.4, -0.2) is 47.6 Å². The highest BCUT2D eigenvalue weighted by atomic mass is 16.1. The van der Waals surface area contributed by atoms with Crippen LogP contribution in [0.15, 0.2) is 42.0 Å². The Hall–Kier alpha value is -3.10. The van der Waals surface area contributed by atoms with Crippen LogP contribution in [0.5, 0.6) is 0 Å². The molecule has 0 spiro atoms. The average molecular weight is 352 g/mol. The van der Waals surface area contributed by atoms with Gasteiger partial charge in [0.25, 0.3) is 5.56 Å². The summed E-state index contributed by atoms with van der Waals surface area (Å²) < 4.78 is 3.08. The third-order valence-corrected chi connectivity index (χ3v) is 4.60. The number of aryl methyl sites for hydroxylation is 1. The zero-order valence-corrected chi connectivity index (χ0v) is 14.6. The van der Waals surface area contributed by atoms with Crippen LogP contribution in [-0.2, 0) is 6.54 Å². The summed E-state index contributed by atoms with van der Waals surface area (Å²) in [5.41, 5.74) is 0.958. The van der Waals surface area contributed by atoms with E-state index in [1.165, 1.54) is 17.1 Å². The van der Waals surface area contributed by atoms with Gasteiger partial charge in [0, 0.05) is 38.1 Å². The Morgan fingerprint density at radius 3 is 2.62 bits per heavy atom. The second kappa shape index (κ2) is 7.03. The summed E-state index contributed by atoms with van der Waals surface area (Å²) in [6.07, 6.45) is 8.64. The molecule has 1 fully saturated rings. The molecule has 0 atom stereocenters. The Kier molecular flexibility index (Phi) is 4.42. The Morgan fingerprint density at radius 2 is 1.92 bits per heavy atom. The Morgan fingerprint density at radius 1 is 1.15 bits per heavy atom. The van der Waals surface area contributed by atoms with Gasteiger partial charge in [-0.3, -0.25) is 4.79 Å². The van der Waals surface area contributed by atoms with Crippen molar-refractivity contribution < 1.29 is 0 Å². The molecule has 4 rings (SSSR count). The highest BCUT2D eigenvalue weighted by Gasteiger charge is 2.22. The highest BCUT2D eigenvalue weighted by molar-refractivity contribution is 5.30. The van der Waals surface area contributed by atoms with Crippen molar-refractivity contribution in [2.24, 2.45) is 5.92 Å². The van der Waals surface area contributed by atoms with Gasteiger partial charge in [0.1, 0.15) is 12.7 Å². The molecule has 3 aromatic heterocycles. The summed E-state index contributed by atoms with van der Waals surface area (Å²) in [4.78, 5) is 27.1. The Labute approximate surface area is 150 Å². The predicted molar refractivity (Wildman–Crippen MR) is 95.1 cm³/mol. The first-order chi connectivity index (χ1) is 12.7. The number of nitrogens with zero attached hydrogens (tertiary/aromatic N) is 8. The molecule has 4 heterocycles. The van der Waals surface area contributed by atoms with Crippen molar-refractivity contribution in [3.63, 3.8) is 0 Å². The fourth-order valence-corrected chi connectivity index (χ4v) is 3.13. The molecule has 134 valence electrons. The lowest BCUT2D eigenvalue weighted by Gasteiger charge is -2.31. The predicted octanol–water partition coefficient (Wildman–Crippen LogP) is 0.839. The minimum absolute atomic E-state index is 0.0989. The second-order valence-electron chi connectivity index (χ2n) is 6.54. The molecule has 0 saturated carbocycles. The molecule has 3 aromatic rings. The molecular formula is C17H20N8O. The van der Waals surface area contributed by atoms with E-state index in [2.05, 4.69) is 30.0 Å². The number of aromatic nitrogens is 7. The van der Waals surface area contributed by atoms with Crippen molar-refractivity contribution in [2.45, 2.75) is 26.3 Å². The summed E-state index contributed by atoms with van der Waals surface area (Å²) >= 11 is 0. The summed E-state index contributed by atoms with van der Waals surface area (Å²) in [6, 6.07) is 3.18. The lowest BCUT2D eigenvalue weighted by Crippen LogP contribution is -2.37. The normalized spacial score (nSPS) is 15.3. The number of hydrogen-bond acceptors (Lipinski definition) is 7. The van der Waals surface area contributed by atoms with Crippen LogP contribution in [0.1, 0.15) is 18.4 Å². The minimum atomic E-state index is -0.0989. The molecule has 0 radical (unpaired) electrons. The van der Waals surface area contributed by atoms with E-state index in [1.807, 2.05) is 19.3 Å². The standard InChI is InChI=1S/C17H20N8O/c1-13-8-19-17(20-9-13)23-6-4-14(5-7-23)10-24-16(26)3-2-15(22-24)25-12-18-11-21-25/h2-3,8-9,11-12,14H,4-7,10H2,1H3. The van der Waals surface area contributed by atoms with Crippen LogP contribution < -0.4 is 10.5 Å². The molecule has 0 aromatic carbocycles. The number of rotatable bonds is 4. The smallest absolute Gasteiger partial charge is 0.266 e. The Bertz CT molecular complexity index is 911. The largest absolute Gasteiger partial charge is 0.341 e. The van der Waals surface area contributed by atoms with Crippen molar-refractivity contribution in [3.05, 3.63) is 53.1 Å². The monoisotopic (exact) mass is 352 g/mol. The van der Waals surface area contributed by atoms with Crippen molar-refractivity contribution in [3.8, 4) is 5.82 Å². The topological polar surface area (TPSA) is 94.6 Å². The van der Waals surface area contributed by atoms with Gasteiger partial charge in [-0.1, -0.05) is 0 Å². The van der Waals surface area contributed by atoms with Crippen molar-refractivity contribution >= 4 is 5.95 Å². The summed E-state index contributed by atoms with van der Waals surface area (Å²) in [7, 11) is 0. The second-order valence-corrected chi connectivity index (χ2v) is 6.54. The summed E-state index contributed by atoms with van der Waals surface area (Å²) in [5, 5.41) is 8.48. The minimum Gasteiger partial charge on any atom is -0.341 e. The van der Waals surface area contributed by atoms with Crippen LogP contribution in [0, 0.1) is 12.8 Å². The first kappa shape index (κ1) is 16.4. The van der Waals surface area contributed by atoms with Gasteiger partial charge in [0.2, 0.25) is 5.95 Å². The molecule has 0 bridgehead atoms. The van der Waals surface area contributed by atoms with Gasteiger partial charge < -0.3 is 4.90 Å². The van der Waals surface area contributed by atoms with Gasteiger partial charge in [-0.05, 0) is 37.3 Å². The molecular weight excluding hydrogens is 332 g/mol. The van der Waals surface area contributed by atoms with Gasteiger partial charge in [-0.25, -0.2) is 24.3 Å². The lowest BCUT2D eigenvalue weighted by molar-refractivity contribution is 0.333. The molecule has 0 aliphatic carbocycles. The van der Waals surface area contributed by atoms with E-state index < -0.39 is 0 Å². The third kappa shape index (κ3) is 3.46. The van der Waals surface area contributed by atoms with Crippen molar-refractivity contribution in [2.75, 3.05) is 18.0 Å². The van der Waals surface area contributed by atoms with E-state index >= 15 is 0 Å². The van der Waals surface area contributed by atoms with E-state index in [4.69, 9.17) is 0 Å². The maximum absolute atomic E-state index is 12.2. The van der Waals surface area contributed by atoms with Gasteiger partial charge in [0.15, 0.2) is 5.82 Å². The molecule has 0 amide bonds. The Balaban J connectivity index is 1.42. The van der Waals surface area contributed by atoms with Crippen LogP contribution in [0.4, 0.5) is 5.95 Å². The maximum atomic E-state index is 12.2. The molecule has 9 heteroatoms. The number of anilines is 1. The van der Waals surface area contributed by atoms with Gasteiger partial charge in [0.05, 0.1) is 0 Å². The van der Waals surface area contributed by atoms with Gasteiger partial charge in [-0.2, -0.15) is 5.10 Å². The van der Waals surface area contributed by atoms with Crippen LogP contribution >= 0.6 is 0 Å². The summed E-state index contributed by atoms with van der Waals surface area (Å²) in [6.45, 7) is 4.34. The van der Waals surface area contributed by atoms with E-state index in [-0.39, 0.29) is 5.56 Å². The van der Waals surface area contributed by atoms with E-state index in [1.54, 1.807) is 17.1 Å². The van der Waals surface area contributed by atoms with Gasteiger partial charge in [-0.15, -0.1) is 5.10 Å². The first-order valence-electron chi connectivity index (χ1n) is 8.66. The lowest BCUT2D eigenvalue weighted by atomic mass is 9.97. The van der Waals surface area contributed by atoms with Crippen molar-refractivity contribution in [1.82, 2.24) is 34.5 Å². The zero-order valence-electron chi connectivity index (χ0n) is 14.6. The average Bonchev–Trinajstić information content (AvgIpc) is 3.20. The number of piperidine rings is 1. The molecule has 9 nitrogen and oxygen atoms in total. The quantitative estimate of drug-likeness (QED) is 0.686. The molecule has 1 saturated heterocycles. The van der Waals surface area contributed by atoms with E-state index in [9.17, 15) is 4.79 Å². The molecule has 0 N–H and O–H groups in total. The molecule has 26 heavy (non-hydrogen) atoms. The maximum Gasteiger partial charge on any atom is 0.266 e. The first-order valence-corrected chi connectivity index (χ1v) is 8.66. The van der Waals surface area contributed by atoms with Crippen LogP contribution in [0.2, 0.25) is 0 Å². The van der Waals surface area contributed by atoms with Crippen LogP contribution in [0.25, 0.3) is 5.82 Å². The highest BCUT2D eigenvalue weighted by Crippen LogP contribution is 2.21. The van der Waals surface area contributed by atoms with Gasteiger partial charge >= 0.3 is 0 Å². The third-order valence-electron chi connectivity index (χ3n) is 4.60. The number of hydrogen-bond donors (Lipinski definition) is 0. The van der Waals surface area contributed by atoms with Crippen LogP contribution in [0.3, 0.4) is 0 Å².